The molecule has 0 aliphatic carbocycles. The molecule has 0 unspecified atom stereocenters. The summed E-state index contributed by atoms with van der Waals surface area (Å²) in [5.41, 5.74) is 2.36. The topological polar surface area (TPSA) is 101 Å². The second-order valence-electron chi connectivity index (χ2n) is 7.83. The predicted octanol–water partition coefficient (Wildman–Crippen LogP) is 4.76. The van der Waals surface area contributed by atoms with Gasteiger partial charge in [-0.05, 0) is 43.3 Å². The van der Waals surface area contributed by atoms with Crippen molar-refractivity contribution in [2.75, 3.05) is 16.2 Å². The fourth-order valence-electron chi connectivity index (χ4n) is 3.57. The Bertz CT molecular complexity index is 1490. The molecular formula is C24H19ClN4O4S2. The van der Waals surface area contributed by atoms with E-state index in [0.29, 0.717) is 20.8 Å². The Labute approximate surface area is 211 Å². The Morgan fingerprint density at radius 3 is 2.51 bits per heavy atom. The van der Waals surface area contributed by atoms with Crippen LogP contribution in [-0.4, -0.2) is 37.2 Å². The summed E-state index contributed by atoms with van der Waals surface area (Å²) in [5.74, 6) is -0.239. The lowest BCUT2D eigenvalue weighted by atomic mass is 10.2. The van der Waals surface area contributed by atoms with Gasteiger partial charge in [-0.25, -0.2) is 8.42 Å². The zero-order chi connectivity index (χ0) is 24.6. The number of nitrogens with one attached hydrogen (secondary N) is 1. The molecule has 3 aromatic carbocycles. The first-order valence-electron chi connectivity index (χ1n) is 10.6. The van der Waals surface area contributed by atoms with E-state index in [2.05, 4.69) is 15.5 Å². The maximum absolute atomic E-state index is 13.4. The SMILES string of the molecule is Cc1ccc(-c2nnc(NC(=O)[C@H]3CN(S(=O)(=O)c4ccc(Cl)cc4)c4ccccc4O3)s2)cc1. The number of para-hydroxylation sites is 2. The molecule has 0 saturated carbocycles. The standard InChI is InChI=1S/C24H19ClN4O4S2/c1-15-6-8-16(9-7-15)23-27-28-24(34-23)26-22(30)21-14-29(19-4-2-3-5-20(19)33-21)35(31,32)18-12-10-17(25)11-13-18/h2-13,21H,14H2,1H3,(H,26,28,30)/t21-/m1/s1. The van der Waals surface area contributed by atoms with Gasteiger partial charge in [-0.15, -0.1) is 10.2 Å². The Hall–Kier alpha value is -3.47. The summed E-state index contributed by atoms with van der Waals surface area (Å²) < 4.78 is 33.9. The third-order valence-corrected chi connectivity index (χ3v) is 8.32. The van der Waals surface area contributed by atoms with Gasteiger partial charge in [0.1, 0.15) is 10.8 Å². The molecule has 0 spiro atoms. The van der Waals surface area contributed by atoms with Gasteiger partial charge in [0.25, 0.3) is 15.9 Å². The van der Waals surface area contributed by atoms with E-state index in [1.807, 2.05) is 31.2 Å². The Balaban J connectivity index is 1.40. The molecule has 0 fully saturated rings. The van der Waals surface area contributed by atoms with Crippen LogP contribution in [0.15, 0.2) is 77.7 Å². The summed E-state index contributed by atoms with van der Waals surface area (Å²) in [4.78, 5) is 13.1. The maximum Gasteiger partial charge on any atom is 0.269 e. The maximum atomic E-state index is 13.4. The summed E-state index contributed by atoms with van der Waals surface area (Å²) in [5, 5.41) is 12.3. The van der Waals surface area contributed by atoms with Crippen LogP contribution < -0.4 is 14.4 Å². The van der Waals surface area contributed by atoms with Gasteiger partial charge in [0.15, 0.2) is 6.10 Å². The summed E-state index contributed by atoms with van der Waals surface area (Å²) in [6.07, 6.45) is -1.10. The molecule has 0 radical (unpaired) electrons. The van der Waals surface area contributed by atoms with Crippen molar-refractivity contribution in [1.82, 2.24) is 10.2 Å². The van der Waals surface area contributed by atoms with Crippen molar-refractivity contribution in [3.05, 3.63) is 83.4 Å². The van der Waals surface area contributed by atoms with Crippen LogP contribution >= 0.6 is 22.9 Å². The van der Waals surface area contributed by atoms with Crippen molar-refractivity contribution < 1.29 is 17.9 Å². The number of benzene rings is 3. The van der Waals surface area contributed by atoms with Gasteiger partial charge in [0.05, 0.1) is 17.1 Å². The Morgan fingerprint density at radius 1 is 1.06 bits per heavy atom. The summed E-state index contributed by atoms with van der Waals surface area (Å²) in [6, 6.07) is 20.4. The lowest BCUT2D eigenvalue weighted by Gasteiger charge is -2.34. The van der Waals surface area contributed by atoms with Crippen LogP contribution in [0.4, 0.5) is 10.8 Å². The van der Waals surface area contributed by atoms with Crippen LogP contribution in [0.5, 0.6) is 5.75 Å². The van der Waals surface area contributed by atoms with Gasteiger partial charge < -0.3 is 4.74 Å². The highest BCUT2D eigenvalue weighted by atomic mass is 35.5. The fourth-order valence-corrected chi connectivity index (χ4v) is 5.93. The van der Waals surface area contributed by atoms with E-state index < -0.39 is 22.0 Å². The summed E-state index contributed by atoms with van der Waals surface area (Å²) in [7, 11) is -3.98. The quantitative estimate of drug-likeness (QED) is 0.402. The number of hydrogen-bond acceptors (Lipinski definition) is 7. The highest BCUT2D eigenvalue weighted by Gasteiger charge is 2.37. The first kappa shape index (κ1) is 23.3. The third-order valence-electron chi connectivity index (χ3n) is 5.38. The molecule has 1 aliphatic rings. The van der Waals surface area contributed by atoms with E-state index in [9.17, 15) is 13.2 Å². The molecular weight excluding hydrogens is 508 g/mol. The molecule has 1 N–H and O–H groups in total. The number of fused-ring (bicyclic) bond motifs is 1. The fraction of sp³-hybridized carbons (Fsp3) is 0.125. The van der Waals surface area contributed by atoms with Crippen LogP contribution in [0, 0.1) is 6.92 Å². The second-order valence-corrected chi connectivity index (χ2v) is 11.1. The Kier molecular flexibility index (Phi) is 6.18. The van der Waals surface area contributed by atoms with Crippen LogP contribution in [0.3, 0.4) is 0 Å². The van der Waals surface area contributed by atoms with Gasteiger partial charge in [-0.2, -0.15) is 0 Å². The number of aromatic nitrogens is 2. The molecule has 8 nitrogen and oxygen atoms in total. The number of sulfonamides is 1. The van der Waals surface area contributed by atoms with E-state index in [1.54, 1.807) is 24.3 Å². The van der Waals surface area contributed by atoms with Gasteiger partial charge in [-0.3, -0.25) is 14.4 Å². The monoisotopic (exact) mass is 526 g/mol. The number of halogens is 1. The molecule has 11 heteroatoms. The molecule has 0 saturated heterocycles. The summed E-state index contributed by atoms with van der Waals surface area (Å²) in [6.45, 7) is 1.78. The van der Waals surface area contributed by atoms with Gasteiger partial charge in [-0.1, -0.05) is 64.9 Å². The lowest BCUT2D eigenvalue weighted by Crippen LogP contribution is -2.48. The Morgan fingerprint density at radius 2 is 1.77 bits per heavy atom. The molecule has 1 atom stereocenters. The number of ether oxygens (including phenoxy) is 1. The molecule has 178 valence electrons. The first-order chi connectivity index (χ1) is 16.8. The molecule has 0 bridgehead atoms. The van der Waals surface area contributed by atoms with Gasteiger partial charge in [0.2, 0.25) is 5.13 Å². The van der Waals surface area contributed by atoms with Crippen LogP contribution in [0.1, 0.15) is 5.56 Å². The number of hydrogen-bond donors (Lipinski definition) is 1. The molecule has 5 rings (SSSR count). The highest BCUT2D eigenvalue weighted by Crippen LogP contribution is 2.37. The second kappa shape index (κ2) is 9.29. The van der Waals surface area contributed by atoms with Crippen LogP contribution in [0.2, 0.25) is 5.02 Å². The molecule has 1 aliphatic heterocycles. The van der Waals surface area contributed by atoms with Gasteiger partial charge in [0, 0.05) is 10.6 Å². The molecule has 4 aromatic rings. The van der Waals surface area contributed by atoms with Crippen LogP contribution in [-0.2, 0) is 14.8 Å². The highest BCUT2D eigenvalue weighted by molar-refractivity contribution is 7.92. The zero-order valence-electron chi connectivity index (χ0n) is 18.4. The number of aryl methyl sites for hydroxylation is 1. The van der Waals surface area contributed by atoms with E-state index in [1.165, 1.54) is 39.9 Å². The number of nitrogens with zero attached hydrogens (tertiary/aromatic N) is 3. The zero-order valence-corrected chi connectivity index (χ0v) is 20.8. The minimum atomic E-state index is -3.98. The van der Waals surface area contributed by atoms with Crippen molar-refractivity contribution in [3.8, 4) is 16.3 Å². The lowest BCUT2D eigenvalue weighted by molar-refractivity contribution is -0.122. The molecule has 1 amide bonds. The number of anilines is 2. The number of amides is 1. The van der Waals surface area contributed by atoms with E-state index in [4.69, 9.17) is 16.3 Å². The van der Waals surface area contributed by atoms with Crippen molar-refractivity contribution in [2.45, 2.75) is 17.9 Å². The number of carbonyl (C=O) groups is 1. The molecule has 2 heterocycles. The largest absolute Gasteiger partial charge is 0.476 e. The van der Waals surface area contributed by atoms with E-state index in [0.717, 1.165) is 11.1 Å². The average molecular weight is 527 g/mol. The van der Waals surface area contributed by atoms with E-state index in [-0.39, 0.29) is 17.2 Å². The van der Waals surface area contributed by atoms with Gasteiger partial charge >= 0.3 is 0 Å². The van der Waals surface area contributed by atoms with Crippen molar-refractivity contribution >= 4 is 49.7 Å². The predicted molar refractivity (Wildman–Crippen MR) is 136 cm³/mol. The first-order valence-corrected chi connectivity index (χ1v) is 13.2. The molecule has 35 heavy (non-hydrogen) atoms. The summed E-state index contributed by atoms with van der Waals surface area (Å²) >= 11 is 7.15. The average Bonchev–Trinajstić information content (AvgIpc) is 3.32. The van der Waals surface area contributed by atoms with Crippen LogP contribution in [0.25, 0.3) is 10.6 Å². The smallest absolute Gasteiger partial charge is 0.269 e. The minimum Gasteiger partial charge on any atom is -0.476 e. The molecule has 1 aromatic heterocycles. The van der Waals surface area contributed by atoms with Crippen molar-refractivity contribution in [1.29, 1.82) is 0 Å². The van der Waals surface area contributed by atoms with E-state index >= 15 is 0 Å². The normalized spacial score (nSPS) is 15.3. The minimum absolute atomic E-state index is 0.0598. The third kappa shape index (κ3) is 4.72. The van der Waals surface area contributed by atoms with Crippen molar-refractivity contribution in [3.63, 3.8) is 0 Å². The number of rotatable bonds is 5. The van der Waals surface area contributed by atoms with Crippen molar-refractivity contribution in [2.24, 2.45) is 0 Å². The number of carbonyl (C=O) groups excluding carboxylic acids is 1.